The Balaban J connectivity index is 1.70. The molecule has 4 aromatic rings. The number of primary amides is 1. The number of aromatic nitrogens is 1. The number of carbonyl (C=O) groups excluding carboxylic acids is 1. The van der Waals surface area contributed by atoms with Crippen molar-refractivity contribution in [3.05, 3.63) is 119 Å². The molecule has 0 fully saturated rings. The number of amides is 1. The molecule has 0 spiro atoms. The van der Waals surface area contributed by atoms with E-state index in [4.69, 9.17) is 10.5 Å². The number of benzene rings is 3. The van der Waals surface area contributed by atoms with E-state index in [9.17, 15) is 18.7 Å². The standard InChI is InChI=1S/C29H27F2N3O3/c1-37-24-8-2-5-18(13-24)15-27(35)34-26(14-19-11-22(30)17-23(31)12-19)28-25(9-4-10-33-28)20-6-3-7-21(16-20)29(32)36/h2-13,16-17,26-27,34-35H,14-15H2,1H3,(H2,32,36)/t26-,27?/m0/s1. The van der Waals surface area contributed by atoms with Gasteiger partial charge in [0.1, 0.15) is 23.6 Å². The molecule has 0 saturated carbocycles. The molecule has 6 nitrogen and oxygen atoms in total. The quantitative estimate of drug-likeness (QED) is 0.276. The third kappa shape index (κ3) is 6.75. The molecule has 3 aromatic carbocycles. The maximum atomic E-state index is 14.0. The fourth-order valence-electron chi connectivity index (χ4n) is 4.29. The molecule has 0 bridgehead atoms. The average molecular weight is 504 g/mol. The maximum Gasteiger partial charge on any atom is 0.248 e. The zero-order valence-electron chi connectivity index (χ0n) is 20.2. The molecule has 0 aliphatic heterocycles. The number of aliphatic hydroxyl groups is 1. The van der Waals surface area contributed by atoms with E-state index in [0.29, 0.717) is 33.7 Å². The van der Waals surface area contributed by atoms with Crippen LogP contribution in [-0.2, 0) is 12.8 Å². The number of hydrogen-bond donors (Lipinski definition) is 3. The van der Waals surface area contributed by atoms with Crippen LogP contribution in [-0.4, -0.2) is 29.3 Å². The number of ether oxygens (including phenoxy) is 1. The molecular formula is C29H27F2N3O3. The van der Waals surface area contributed by atoms with Crippen molar-refractivity contribution in [1.29, 1.82) is 0 Å². The summed E-state index contributed by atoms with van der Waals surface area (Å²) in [6.45, 7) is 0. The van der Waals surface area contributed by atoms with Crippen molar-refractivity contribution >= 4 is 5.91 Å². The number of methoxy groups -OCH3 is 1. The van der Waals surface area contributed by atoms with Crippen LogP contribution in [0.25, 0.3) is 11.1 Å². The van der Waals surface area contributed by atoms with E-state index in [1.54, 1.807) is 37.6 Å². The molecule has 0 aliphatic carbocycles. The molecule has 4 rings (SSSR count). The second-order valence-electron chi connectivity index (χ2n) is 8.65. The van der Waals surface area contributed by atoms with E-state index in [1.807, 2.05) is 36.4 Å². The normalized spacial score (nSPS) is 12.6. The van der Waals surface area contributed by atoms with Gasteiger partial charge in [0.05, 0.1) is 18.8 Å². The van der Waals surface area contributed by atoms with Gasteiger partial charge in [-0.2, -0.15) is 0 Å². The summed E-state index contributed by atoms with van der Waals surface area (Å²) in [5, 5.41) is 14.1. The first-order valence-corrected chi connectivity index (χ1v) is 11.7. The van der Waals surface area contributed by atoms with E-state index >= 15 is 0 Å². The Labute approximate surface area is 213 Å². The fourth-order valence-corrected chi connectivity index (χ4v) is 4.29. The van der Waals surface area contributed by atoms with Crippen LogP contribution in [0.4, 0.5) is 8.78 Å². The number of pyridine rings is 1. The summed E-state index contributed by atoms with van der Waals surface area (Å²) in [5.41, 5.74) is 8.96. The zero-order valence-corrected chi connectivity index (χ0v) is 20.2. The van der Waals surface area contributed by atoms with Gasteiger partial charge in [-0.05, 0) is 65.6 Å². The van der Waals surface area contributed by atoms with Crippen molar-refractivity contribution in [3.63, 3.8) is 0 Å². The maximum absolute atomic E-state index is 14.0. The van der Waals surface area contributed by atoms with Crippen LogP contribution in [0, 0.1) is 11.6 Å². The lowest BCUT2D eigenvalue weighted by Gasteiger charge is -2.25. The number of nitrogens with two attached hydrogens (primary N) is 1. The predicted molar refractivity (Wildman–Crippen MR) is 137 cm³/mol. The Bertz CT molecular complexity index is 1380. The largest absolute Gasteiger partial charge is 0.497 e. The fraction of sp³-hybridized carbons (Fsp3) is 0.172. The van der Waals surface area contributed by atoms with Gasteiger partial charge in [-0.15, -0.1) is 0 Å². The predicted octanol–water partition coefficient (Wildman–Crippen LogP) is 4.57. The average Bonchev–Trinajstić information content (AvgIpc) is 2.88. The van der Waals surface area contributed by atoms with Crippen LogP contribution >= 0.6 is 0 Å². The van der Waals surface area contributed by atoms with Crippen molar-refractivity contribution < 1.29 is 23.4 Å². The minimum absolute atomic E-state index is 0.142. The van der Waals surface area contributed by atoms with E-state index < -0.39 is 29.8 Å². The van der Waals surface area contributed by atoms with E-state index in [-0.39, 0.29) is 12.8 Å². The monoisotopic (exact) mass is 503 g/mol. The Morgan fingerprint density at radius 2 is 1.73 bits per heavy atom. The van der Waals surface area contributed by atoms with Crippen molar-refractivity contribution in [2.45, 2.75) is 25.1 Å². The van der Waals surface area contributed by atoms with Crippen molar-refractivity contribution in [1.82, 2.24) is 10.3 Å². The van der Waals surface area contributed by atoms with Gasteiger partial charge in [-0.25, -0.2) is 8.78 Å². The smallest absolute Gasteiger partial charge is 0.248 e. The third-order valence-corrected chi connectivity index (χ3v) is 5.95. The molecular weight excluding hydrogens is 476 g/mol. The molecule has 4 N–H and O–H groups in total. The summed E-state index contributed by atoms with van der Waals surface area (Å²) < 4.78 is 33.2. The van der Waals surface area contributed by atoms with Gasteiger partial charge in [0.15, 0.2) is 0 Å². The third-order valence-electron chi connectivity index (χ3n) is 5.95. The minimum atomic E-state index is -1.01. The molecule has 37 heavy (non-hydrogen) atoms. The SMILES string of the molecule is COc1cccc(CC(O)N[C@@H](Cc2cc(F)cc(F)c2)c2ncccc2-c2cccc(C(N)=O)c2)c1. The van der Waals surface area contributed by atoms with Crippen LogP contribution in [0.2, 0.25) is 0 Å². The molecule has 190 valence electrons. The van der Waals surface area contributed by atoms with Gasteiger partial charge >= 0.3 is 0 Å². The molecule has 2 atom stereocenters. The Morgan fingerprint density at radius 3 is 2.46 bits per heavy atom. The minimum Gasteiger partial charge on any atom is -0.497 e. The first kappa shape index (κ1) is 25.9. The van der Waals surface area contributed by atoms with Crippen LogP contribution in [0.3, 0.4) is 0 Å². The molecule has 0 aliphatic rings. The first-order valence-electron chi connectivity index (χ1n) is 11.7. The van der Waals surface area contributed by atoms with E-state index in [1.165, 1.54) is 12.1 Å². The van der Waals surface area contributed by atoms with Crippen molar-refractivity contribution in [2.75, 3.05) is 7.11 Å². The van der Waals surface area contributed by atoms with Gasteiger partial charge in [0.2, 0.25) is 5.91 Å². The van der Waals surface area contributed by atoms with Crippen LogP contribution in [0.15, 0.2) is 85.1 Å². The van der Waals surface area contributed by atoms with Gasteiger partial charge in [-0.1, -0.05) is 30.3 Å². The van der Waals surface area contributed by atoms with E-state index in [0.717, 1.165) is 11.6 Å². The highest BCUT2D eigenvalue weighted by Crippen LogP contribution is 2.30. The van der Waals surface area contributed by atoms with Gasteiger partial charge in [0.25, 0.3) is 0 Å². The summed E-state index contributed by atoms with van der Waals surface area (Å²) in [4.78, 5) is 16.3. The van der Waals surface area contributed by atoms with Crippen LogP contribution in [0.5, 0.6) is 5.75 Å². The molecule has 1 aromatic heterocycles. The highest BCUT2D eigenvalue weighted by atomic mass is 19.1. The highest BCUT2D eigenvalue weighted by molar-refractivity contribution is 5.94. The number of carbonyl (C=O) groups is 1. The Kier molecular flexibility index (Phi) is 8.22. The topological polar surface area (TPSA) is 97.5 Å². The summed E-state index contributed by atoms with van der Waals surface area (Å²) >= 11 is 0. The summed E-state index contributed by atoms with van der Waals surface area (Å²) in [6.07, 6.45) is 0.988. The second kappa shape index (κ2) is 11.7. The number of nitrogens with zero attached hydrogens (tertiary/aromatic N) is 1. The van der Waals surface area contributed by atoms with Gasteiger partial charge in [-0.3, -0.25) is 15.1 Å². The highest BCUT2D eigenvalue weighted by Gasteiger charge is 2.22. The summed E-state index contributed by atoms with van der Waals surface area (Å²) in [6, 6.07) is 20.4. The number of hydrogen-bond acceptors (Lipinski definition) is 5. The molecule has 1 unspecified atom stereocenters. The van der Waals surface area contributed by atoms with Crippen LogP contribution < -0.4 is 15.8 Å². The van der Waals surface area contributed by atoms with Crippen molar-refractivity contribution in [2.24, 2.45) is 5.73 Å². The lowest BCUT2D eigenvalue weighted by molar-refractivity contribution is 0.1000. The Morgan fingerprint density at radius 1 is 0.973 bits per heavy atom. The molecule has 0 saturated heterocycles. The van der Waals surface area contributed by atoms with Gasteiger partial charge < -0.3 is 15.6 Å². The molecule has 0 radical (unpaired) electrons. The number of halogens is 2. The molecule has 8 heteroatoms. The van der Waals surface area contributed by atoms with Crippen LogP contribution in [0.1, 0.15) is 33.2 Å². The molecule has 1 amide bonds. The lowest BCUT2D eigenvalue weighted by Crippen LogP contribution is -2.36. The zero-order chi connectivity index (χ0) is 26.4. The Hall–Kier alpha value is -4.14. The second-order valence-corrected chi connectivity index (χ2v) is 8.65. The lowest BCUT2D eigenvalue weighted by atomic mass is 9.94. The van der Waals surface area contributed by atoms with Gasteiger partial charge in [0, 0.05) is 29.8 Å². The number of nitrogens with one attached hydrogen (secondary N) is 1. The summed E-state index contributed by atoms with van der Waals surface area (Å²) in [7, 11) is 1.57. The molecule has 1 heterocycles. The number of rotatable bonds is 10. The summed E-state index contributed by atoms with van der Waals surface area (Å²) in [5.74, 6) is -1.29. The first-order chi connectivity index (χ1) is 17.8. The number of aliphatic hydroxyl groups excluding tert-OH is 1. The van der Waals surface area contributed by atoms with E-state index in [2.05, 4.69) is 10.3 Å². The van der Waals surface area contributed by atoms with Crippen molar-refractivity contribution in [3.8, 4) is 16.9 Å².